The second kappa shape index (κ2) is 11.2. The highest BCUT2D eigenvalue weighted by Gasteiger charge is 2.24. The monoisotopic (exact) mass is 411 g/mol. The number of rotatable bonds is 11. The first-order valence-corrected chi connectivity index (χ1v) is 9.89. The van der Waals surface area contributed by atoms with Gasteiger partial charge in [0.15, 0.2) is 0 Å². The molecule has 0 aliphatic rings. The van der Waals surface area contributed by atoms with Crippen LogP contribution < -0.4 is 10.1 Å². The zero-order chi connectivity index (χ0) is 22.1. The highest BCUT2D eigenvalue weighted by Crippen LogP contribution is 2.18. The zero-order valence-electron chi connectivity index (χ0n) is 17.6. The molecule has 6 heteroatoms. The largest absolute Gasteiger partial charge is 0.490 e. The molecule has 0 radical (unpaired) electrons. The van der Waals surface area contributed by atoms with Crippen molar-refractivity contribution in [1.82, 2.24) is 5.32 Å². The van der Waals surface area contributed by atoms with Crippen molar-refractivity contribution in [3.63, 3.8) is 0 Å². The molecule has 160 valence electrons. The Morgan fingerprint density at radius 1 is 1.13 bits per heavy atom. The van der Waals surface area contributed by atoms with Gasteiger partial charge in [0.2, 0.25) is 5.91 Å². The van der Waals surface area contributed by atoms with Gasteiger partial charge in [-0.1, -0.05) is 50.8 Å². The van der Waals surface area contributed by atoms with Crippen LogP contribution in [0.15, 0.2) is 61.2 Å². The molecule has 0 spiro atoms. The van der Waals surface area contributed by atoms with Gasteiger partial charge in [0.05, 0.1) is 18.2 Å². The zero-order valence-corrected chi connectivity index (χ0v) is 17.6. The minimum absolute atomic E-state index is 0.0215. The number of nitrogens with one attached hydrogen (secondary N) is 1. The Kier molecular flexibility index (Phi) is 8.62. The second-order valence-corrected chi connectivity index (χ2v) is 7.38. The number of ether oxygens (including phenoxy) is 2. The molecule has 6 nitrogen and oxygen atoms in total. The number of carboxylic acids is 1. The minimum Gasteiger partial charge on any atom is -0.490 e. The number of amides is 1. The van der Waals surface area contributed by atoms with Crippen molar-refractivity contribution in [3.8, 4) is 5.75 Å². The number of benzene rings is 2. The summed E-state index contributed by atoms with van der Waals surface area (Å²) in [6, 6.07) is 13.7. The van der Waals surface area contributed by atoms with Crippen molar-refractivity contribution in [3.05, 3.63) is 77.9 Å². The minimum atomic E-state index is -0.981. The van der Waals surface area contributed by atoms with Crippen LogP contribution in [0.5, 0.6) is 5.75 Å². The van der Waals surface area contributed by atoms with E-state index in [2.05, 4.69) is 11.9 Å². The molecule has 0 aliphatic heterocycles. The van der Waals surface area contributed by atoms with Gasteiger partial charge in [0.25, 0.3) is 0 Å². The molecule has 1 amide bonds. The molecule has 0 bridgehead atoms. The van der Waals surface area contributed by atoms with Gasteiger partial charge < -0.3 is 19.9 Å². The lowest BCUT2D eigenvalue weighted by Gasteiger charge is -2.24. The number of carbonyl (C=O) groups excluding carboxylic acids is 1. The number of carboxylic acid groups (broad SMARTS) is 1. The van der Waals surface area contributed by atoms with E-state index < -0.39 is 12.1 Å². The van der Waals surface area contributed by atoms with Crippen LogP contribution in [0, 0.1) is 5.92 Å². The van der Waals surface area contributed by atoms with Crippen molar-refractivity contribution in [2.45, 2.75) is 39.5 Å². The molecule has 0 heterocycles. The predicted molar refractivity (Wildman–Crippen MR) is 116 cm³/mol. The maximum atomic E-state index is 12.8. The van der Waals surface area contributed by atoms with E-state index in [1.54, 1.807) is 18.2 Å². The normalized spacial score (nSPS) is 12.8. The Labute approximate surface area is 177 Å². The molecule has 2 aromatic rings. The molecule has 2 rings (SSSR count). The molecule has 0 saturated carbocycles. The summed E-state index contributed by atoms with van der Waals surface area (Å²) in [5, 5.41) is 12.0. The van der Waals surface area contributed by atoms with E-state index in [-0.39, 0.29) is 30.0 Å². The molecule has 1 unspecified atom stereocenters. The summed E-state index contributed by atoms with van der Waals surface area (Å²) in [5.41, 5.74) is 1.94. The van der Waals surface area contributed by atoms with E-state index in [1.165, 1.54) is 12.1 Å². The standard InChI is InChI=1S/C24H29NO5/c1-5-13-29-21-8-6-7-18(14-21)15-30-22(16(2)3)23(26)25-17(4)19-9-11-20(12-10-19)24(27)28/h5-12,14,16-17,22H,1,13,15H2,2-4H3,(H,25,26)(H,27,28)/t17-,22?/m0/s1. The summed E-state index contributed by atoms with van der Waals surface area (Å²) in [7, 11) is 0. The number of hydrogen-bond donors (Lipinski definition) is 2. The van der Waals surface area contributed by atoms with E-state index in [0.717, 1.165) is 16.9 Å². The van der Waals surface area contributed by atoms with Gasteiger partial charge in [-0.05, 0) is 48.2 Å². The Bertz CT molecular complexity index is 860. The summed E-state index contributed by atoms with van der Waals surface area (Å²) in [4.78, 5) is 23.8. The molecule has 0 fully saturated rings. The third kappa shape index (κ3) is 6.74. The highest BCUT2D eigenvalue weighted by atomic mass is 16.5. The summed E-state index contributed by atoms with van der Waals surface area (Å²) in [5.74, 6) is -0.490. The third-order valence-electron chi connectivity index (χ3n) is 4.58. The lowest BCUT2D eigenvalue weighted by Crippen LogP contribution is -2.40. The average Bonchev–Trinajstić information content (AvgIpc) is 2.72. The predicted octanol–water partition coefficient (Wildman–Crippen LogP) is 4.37. The summed E-state index contributed by atoms with van der Waals surface area (Å²) in [6.45, 7) is 10.1. The van der Waals surface area contributed by atoms with Gasteiger partial charge in [-0.2, -0.15) is 0 Å². The first-order chi connectivity index (χ1) is 14.3. The van der Waals surface area contributed by atoms with Gasteiger partial charge in [-0.15, -0.1) is 0 Å². The van der Waals surface area contributed by atoms with Crippen molar-refractivity contribution >= 4 is 11.9 Å². The smallest absolute Gasteiger partial charge is 0.335 e. The van der Waals surface area contributed by atoms with Crippen molar-refractivity contribution in [2.75, 3.05) is 6.61 Å². The van der Waals surface area contributed by atoms with Crippen molar-refractivity contribution < 1.29 is 24.2 Å². The fourth-order valence-electron chi connectivity index (χ4n) is 2.93. The highest BCUT2D eigenvalue weighted by molar-refractivity contribution is 5.87. The summed E-state index contributed by atoms with van der Waals surface area (Å²) < 4.78 is 11.5. The molecular weight excluding hydrogens is 382 g/mol. The number of aromatic carboxylic acids is 1. The van der Waals surface area contributed by atoms with E-state index >= 15 is 0 Å². The first kappa shape index (κ1) is 23.2. The van der Waals surface area contributed by atoms with Crippen LogP contribution in [0.2, 0.25) is 0 Å². The van der Waals surface area contributed by atoms with Crippen molar-refractivity contribution in [1.29, 1.82) is 0 Å². The SMILES string of the molecule is C=CCOc1cccc(COC(C(=O)N[C@@H](C)c2ccc(C(=O)O)cc2)C(C)C)c1. The molecule has 0 aromatic heterocycles. The van der Waals surface area contributed by atoms with E-state index in [4.69, 9.17) is 14.6 Å². The molecule has 2 atom stereocenters. The van der Waals surface area contributed by atoms with Gasteiger partial charge in [-0.3, -0.25) is 4.79 Å². The fourth-order valence-corrected chi connectivity index (χ4v) is 2.93. The number of hydrogen-bond acceptors (Lipinski definition) is 4. The third-order valence-corrected chi connectivity index (χ3v) is 4.58. The summed E-state index contributed by atoms with van der Waals surface area (Å²) >= 11 is 0. The molecule has 2 N–H and O–H groups in total. The Hall–Kier alpha value is -3.12. The molecule has 2 aromatic carbocycles. The fraction of sp³-hybridized carbons (Fsp3) is 0.333. The van der Waals surface area contributed by atoms with Crippen LogP contribution in [0.25, 0.3) is 0 Å². The van der Waals surface area contributed by atoms with Gasteiger partial charge in [0.1, 0.15) is 18.5 Å². The quantitative estimate of drug-likeness (QED) is 0.537. The maximum absolute atomic E-state index is 12.8. The van der Waals surface area contributed by atoms with Crippen LogP contribution in [-0.2, 0) is 16.1 Å². The average molecular weight is 411 g/mol. The van der Waals surface area contributed by atoms with E-state index in [1.807, 2.05) is 45.0 Å². The van der Waals surface area contributed by atoms with Crippen molar-refractivity contribution in [2.24, 2.45) is 5.92 Å². The van der Waals surface area contributed by atoms with Crippen LogP contribution in [0.3, 0.4) is 0 Å². The van der Waals surface area contributed by atoms with Crippen LogP contribution >= 0.6 is 0 Å². The number of carbonyl (C=O) groups is 2. The Morgan fingerprint density at radius 3 is 2.43 bits per heavy atom. The van der Waals surface area contributed by atoms with Gasteiger partial charge in [0, 0.05) is 0 Å². The molecular formula is C24H29NO5. The second-order valence-electron chi connectivity index (χ2n) is 7.38. The van der Waals surface area contributed by atoms with Crippen LogP contribution in [0.1, 0.15) is 48.3 Å². The maximum Gasteiger partial charge on any atom is 0.335 e. The Balaban J connectivity index is 1.98. The van der Waals surface area contributed by atoms with Crippen LogP contribution in [0.4, 0.5) is 0 Å². The molecule has 0 aliphatic carbocycles. The first-order valence-electron chi connectivity index (χ1n) is 9.89. The summed E-state index contributed by atoms with van der Waals surface area (Å²) in [6.07, 6.45) is 1.06. The topological polar surface area (TPSA) is 84.9 Å². The lowest BCUT2D eigenvalue weighted by atomic mass is 10.0. The lowest BCUT2D eigenvalue weighted by molar-refractivity contribution is -0.137. The molecule has 30 heavy (non-hydrogen) atoms. The van der Waals surface area contributed by atoms with E-state index in [9.17, 15) is 9.59 Å². The van der Waals surface area contributed by atoms with Gasteiger partial charge in [-0.25, -0.2) is 4.79 Å². The van der Waals surface area contributed by atoms with Crippen LogP contribution in [-0.4, -0.2) is 29.7 Å². The molecule has 0 saturated heterocycles. The van der Waals surface area contributed by atoms with Gasteiger partial charge >= 0.3 is 5.97 Å². The van der Waals surface area contributed by atoms with E-state index in [0.29, 0.717) is 6.61 Å². The Morgan fingerprint density at radius 2 is 1.83 bits per heavy atom.